The van der Waals surface area contributed by atoms with Gasteiger partial charge in [0.25, 0.3) is 5.91 Å². The van der Waals surface area contributed by atoms with Crippen molar-refractivity contribution >= 4 is 50.2 Å². The quantitative estimate of drug-likeness (QED) is 0.257. The van der Waals surface area contributed by atoms with Gasteiger partial charge in [0, 0.05) is 5.69 Å². The molecule has 0 saturated carbocycles. The Labute approximate surface area is 192 Å². The lowest BCUT2D eigenvalue weighted by molar-refractivity contribution is -0.137. The van der Waals surface area contributed by atoms with E-state index in [1.807, 2.05) is 0 Å². The highest BCUT2D eigenvalue weighted by Crippen LogP contribution is 2.38. The first kappa shape index (κ1) is 27.9. The maximum absolute atomic E-state index is 13.1. The smallest absolute Gasteiger partial charge is 0.379 e. The van der Waals surface area contributed by atoms with E-state index in [2.05, 4.69) is 32.5 Å². The number of anilines is 1. The van der Waals surface area contributed by atoms with Crippen LogP contribution < -0.4 is 5.32 Å². The summed E-state index contributed by atoms with van der Waals surface area (Å²) < 4.78 is 73.8. The topological polar surface area (TPSA) is 100 Å². The third kappa shape index (κ3) is 7.44. The Balaban J connectivity index is 0.00000265. The number of carbonyl (C=O) groups is 1. The summed E-state index contributed by atoms with van der Waals surface area (Å²) in [6.07, 6.45) is -4.84. The van der Waals surface area contributed by atoms with E-state index >= 15 is 0 Å². The van der Waals surface area contributed by atoms with Crippen LogP contribution in [0.3, 0.4) is 0 Å². The van der Waals surface area contributed by atoms with Crippen molar-refractivity contribution in [1.29, 1.82) is 0 Å². The molecule has 2 aromatic carbocycles. The van der Waals surface area contributed by atoms with Crippen LogP contribution in [0.4, 0.5) is 34.6 Å². The monoisotopic (exact) mass is 503 g/mol. The Morgan fingerprint density at radius 3 is 2.27 bits per heavy atom. The number of carbonyl (C=O) groups excluding carboxylic acids is 1. The Hall–Kier alpha value is -3.17. The van der Waals surface area contributed by atoms with Crippen LogP contribution in [0, 0.1) is 6.57 Å². The highest BCUT2D eigenvalue weighted by Gasteiger charge is 2.38. The second kappa shape index (κ2) is 11.1. The molecule has 0 fully saturated rings. The predicted molar refractivity (Wildman–Crippen MR) is 117 cm³/mol. The number of hydrogen-bond acceptors (Lipinski definition) is 6. The van der Waals surface area contributed by atoms with Gasteiger partial charge in [0.2, 0.25) is 0 Å². The SMILES string of the molecule is CF.[C-]#[N+]c1ccc(NC(=O)[C@](C)(O)CS(=O)(=O)c2ccc(N=C=S)cc2)cc1C(F)(F)F. The molecule has 13 heteroatoms. The van der Waals surface area contributed by atoms with Crippen molar-refractivity contribution in [3.63, 3.8) is 0 Å². The van der Waals surface area contributed by atoms with Crippen LogP contribution in [0.2, 0.25) is 0 Å². The molecular formula is C20H17F4N3O4S2. The Morgan fingerprint density at radius 2 is 1.79 bits per heavy atom. The van der Waals surface area contributed by atoms with Gasteiger partial charge in [-0.05, 0) is 55.5 Å². The van der Waals surface area contributed by atoms with Crippen LogP contribution in [0.5, 0.6) is 0 Å². The summed E-state index contributed by atoms with van der Waals surface area (Å²) >= 11 is 4.45. The molecular weight excluding hydrogens is 486 g/mol. The fourth-order valence-electron chi connectivity index (χ4n) is 2.50. The van der Waals surface area contributed by atoms with E-state index in [1.165, 1.54) is 24.3 Å². The van der Waals surface area contributed by atoms with E-state index < -0.39 is 44.5 Å². The number of rotatable bonds is 6. The minimum atomic E-state index is -4.84. The zero-order chi connectivity index (χ0) is 25.4. The second-order valence-corrected chi connectivity index (χ2v) is 8.70. The molecule has 0 aliphatic rings. The van der Waals surface area contributed by atoms with Crippen molar-refractivity contribution in [2.24, 2.45) is 4.99 Å². The number of hydrogen-bond donors (Lipinski definition) is 2. The van der Waals surface area contributed by atoms with E-state index in [0.717, 1.165) is 19.1 Å². The van der Waals surface area contributed by atoms with Gasteiger partial charge in [-0.15, -0.1) is 0 Å². The summed E-state index contributed by atoms with van der Waals surface area (Å²) in [5, 5.41) is 14.6. The molecule has 0 bridgehead atoms. The first-order valence-electron chi connectivity index (χ1n) is 8.71. The van der Waals surface area contributed by atoms with Gasteiger partial charge in [0.1, 0.15) is 0 Å². The van der Waals surface area contributed by atoms with E-state index in [-0.39, 0.29) is 10.6 Å². The maximum Gasteiger partial charge on any atom is 0.407 e. The largest absolute Gasteiger partial charge is 0.407 e. The minimum Gasteiger partial charge on any atom is -0.379 e. The average molecular weight is 503 g/mol. The first-order chi connectivity index (χ1) is 15.3. The number of aliphatic imine (C=N–C) groups is 1. The third-order valence-corrected chi connectivity index (χ3v) is 6.03. The van der Waals surface area contributed by atoms with E-state index in [4.69, 9.17) is 6.57 Å². The second-order valence-electron chi connectivity index (χ2n) is 6.53. The van der Waals surface area contributed by atoms with Crippen LogP contribution in [-0.4, -0.2) is 43.1 Å². The van der Waals surface area contributed by atoms with Crippen LogP contribution >= 0.6 is 12.2 Å². The van der Waals surface area contributed by atoms with Gasteiger partial charge in [-0.25, -0.2) is 13.3 Å². The summed E-state index contributed by atoms with van der Waals surface area (Å²) in [5.41, 5.74) is -4.42. The molecule has 1 amide bonds. The molecule has 7 nitrogen and oxygen atoms in total. The molecule has 0 unspecified atom stereocenters. The molecule has 0 saturated heterocycles. The van der Waals surface area contributed by atoms with Crippen LogP contribution in [0.15, 0.2) is 52.4 Å². The number of sulfone groups is 1. The summed E-state index contributed by atoms with van der Waals surface area (Å²) in [6, 6.07) is 7.53. The minimum absolute atomic E-state index is 0.204. The average Bonchev–Trinajstić information content (AvgIpc) is 2.74. The van der Waals surface area contributed by atoms with E-state index in [9.17, 15) is 35.9 Å². The molecule has 2 rings (SSSR count). The first-order valence-corrected chi connectivity index (χ1v) is 10.8. The van der Waals surface area contributed by atoms with Gasteiger partial charge in [-0.1, -0.05) is 6.07 Å². The molecule has 0 aromatic heterocycles. The number of halogens is 4. The predicted octanol–water partition coefficient (Wildman–Crippen LogP) is 4.74. The Kier molecular flexibility index (Phi) is 9.38. The number of nitrogens with zero attached hydrogens (tertiary/aromatic N) is 2. The number of aliphatic hydroxyl groups is 1. The lowest BCUT2D eigenvalue weighted by Gasteiger charge is -2.22. The molecule has 2 N–H and O–H groups in total. The standard InChI is InChI=1S/C19H14F3N3O4S2.CH3F/c1-18(27,10-31(28,29)14-6-3-12(4-7-14)24-11-30)17(26)25-13-5-8-16(23-2)15(9-13)19(20,21)22;1-2/h3-9,27H,10H2,1H3,(H,25,26);1H3/t18-;/m1./s1. The molecule has 0 aliphatic carbocycles. The molecule has 1 atom stereocenters. The number of amides is 1. The van der Waals surface area contributed by atoms with Crippen LogP contribution in [-0.2, 0) is 20.8 Å². The summed E-state index contributed by atoms with van der Waals surface area (Å²) in [6.45, 7) is 7.73. The van der Waals surface area contributed by atoms with Crippen molar-refractivity contribution in [3.05, 3.63) is 59.4 Å². The van der Waals surface area contributed by atoms with Crippen molar-refractivity contribution in [3.8, 4) is 0 Å². The van der Waals surface area contributed by atoms with E-state index in [0.29, 0.717) is 18.9 Å². The fourth-order valence-corrected chi connectivity index (χ4v) is 4.20. The Bertz CT molecular complexity index is 1200. The van der Waals surface area contributed by atoms with Crippen molar-refractivity contribution in [2.45, 2.75) is 23.6 Å². The fraction of sp³-hybridized carbons (Fsp3) is 0.250. The van der Waals surface area contributed by atoms with Crippen LogP contribution in [0.25, 0.3) is 4.85 Å². The molecule has 2 aromatic rings. The van der Waals surface area contributed by atoms with Crippen LogP contribution in [0.1, 0.15) is 12.5 Å². The number of benzene rings is 2. The lowest BCUT2D eigenvalue weighted by atomic mass is 10.1. The van der Waals surface area contributed by atoms with Crippen molar-refractivity contribution in [1.82, 2.24) is 0 Å². The van der Waals surface area contributed by atoms with Gasteiger partial charge in [0.05, 0.1) is 40.8 Å². The molecule has 0 spiro atoms. The van der Waals surface area contributed by atoms with Gasteiger partial charge >= 0.3 is 6.18 Å². The van der Waals surface area contributed by atoms with Gasteiger partial charge in [-0.2, -0.15) is 18.2 Å². The zero-order valence-electron chi connectivity index (χ0n) is 17.1. The Morgan fingerprint density at radius 1 is 1.21 bits per heavy atom. The summed E-state index contributed by atoms with van der Waals surface area (Å²) in [7, 11) is -3.65. The van der Waals surface area contributed by atoms with Crippen molar-refractivity contribution < 1.29 is 35.9 Å². The molecule has 0 heterocycles. The highest BCUT2D eigenvalue weighted by molar-refractivity contribution is 7.91. The van der Waals surface area contributed by atoms with E-state index in [1.54, 1.807) is 0 Å². The van der Waals surface area contributed by atoms with Crippen molar-refractivity contribution in [2.75, 3.05) is 18.2 Å². The molecule has 33 heavy (non-hydrogen) atoms. The normalized spacial score (nSPS) is 12.8. The number of isothiocyanates is 1. The molecule has 176 valence electrons. The lowest BCUT2D eigenvalue weighted by Crippen LogP contribution is -2.45. The van der Waals surface area contributed by atoms with Gasteiger partial charge in [-0.3, -0.25) is 9.18 Å². The zero-order valence-corrected chi connectivity index (χ0v) is 18.8. The highest BCUT2D eigenvalue weighted by atomic mass is 32.2. The number of thiocarbonyl (C=S) groups is 1. The third-order valence-electron chi connectivity index (χ3n) is 4.01. The maximum atomic E-state index is 13.1. The number of nitrogens with one attached hydrogen (secondary N) is 1. The van der Waals surface area contributed by atoms with Gasteiger partial charge in [0.15, 0.2) is 21.1 Å². The summed E-state index contributed by atoms with van der Waals surface area (Å²) in [4.78, 5) is 18.6. The van der Waals surface area contributed by atoms with Gasteiger partial charge < -0.3 is 10.4 Å². The molecule has 0 radical (unpaired) electrons. The molecule has 0 aliphatic heterocycles. The number of alkyl halides is 4. The summed E-state index contributed by atoms with van der Waals surface area (Å²) in [5.74, 6) is -2.27.